The third-order valence-corrected chi connectivity index (χ3v) is 4.96. The van der Waals surface area contributed by atoms with Crippen LogP contribution < -0.4 is 5.32 Å². The topological polar surface area (TPSA) is 18.5 Å². The summed E-state index contributed by atoms with van der Waals surface area (Å²) in [4.78, 5) is 5.24. The summed E-state index contributed by atoms with van der Waals surface area (Å²) in [6.45, 7) is 22.3. The molecule has 120 valence electrons. The lowest BCUT2D eigenvalue weighted by molar-refractivity contribution is 0.0770. The Balaban J connectivity index is 2.53. The van der Waals surface area contributed by atoms with Crippen molar-refractivity contribution in [1.29, 1.82) is 0 Å². The second-order valence-electron chi connectivity index (χ2n) is 7.52. The Bertz CT molecular complexity index is 258. The molecule has 1 fully saturated rings. The Morgan fingerprint density at radius 1 is 0.850 bits per heavy atom. The lowest BCUT2D eigenvalue weighted by Crippen LogP contribution is -2.53. The number of hydrogen-bond acceptors (Lipinski definition) is 3. The molecule has 3 nitrogen and oxygen atoms in total. The maximum atomic E-state index is 3.74. The number of nitrogens with zero attached hydrogens (tertiary/aromatic N) is 2. The first kappa shape index (κ1) is 17.9. The van der Waals surface area contributed by atoms with Crippen LogP contribution in [0.15, 0.2) is 0 Å². The molecule has 1 N–H and O–H groups in total. The van der Waals surface area contributed by atoms with E-state index in [-0.39, 0.29) is 5.54 Å². The van der Waals surface area contributed by atoms with E-state index < -0.39 is 0 Å². The van der Waals surface area contributed by atoms with Crippen LogP contribution in [-0.2, 0) is 0 Å². The zero-order chi connectivity index (χ0) is 15.2. The van der Waals surface area contributed by atoms with Crippen molar-refractivity contribution >= 4 is 0 Å². The van der Waals surface area contributed by atoms with Gasteiger partial charge in [-0.05, 0) is 45.6 Å². The van der Waals surface area contributed by atoms with Gasteiger partial charge in [-0.2, -0.15) is 0 Å². The standard InChI is InChI=1S/C17H37N3/c1-7-17(8-2,14-18-16(4,5)6)15-20-12-10-19(9-3)11-13-20/h18H,7-15H2,1-6H3. The second-order valence-corrected chi connectivity index (χ2v) is 7.52. The summed E-state index contributed by atoms with van der Waals surface area (Å²) in [5, 5.41) is 3.74. The highest BCUT2D eigenvalue weighted by atomic mass is 15.3. The fraction of sp³-hybridized carbons (Fsp3) is 1.00. The summed E-state index contributed by atoms with van der Waals surface area (Å²) < 4.78 is 0. The highest BCUT2D eigenvalue weighted by Gasteiger charge is 2.31. The normalized spacial score (nSPS) is 19.5. The molecule has 1 aliphatic rings. The van der Waals surface area contributed by atoms with Gasteiger partial charge in [0, 0.05) is 44.8 Å². The SMILES string of the molecule is CCN1CCN(CC(CC)(CC)CNC(C)(C)C)CC1. The first-order valence-electron chi connectivity index (χ1n) is 8.54. The highest BCUT2D eigenvalue weighted by Crippen LogP contribution is 2.28. The molecule has 3 heteroatoms. The Hall–Kier alpha value is -0.120. The minimum absolute atomic E-state index is 0.219. The molecule has 0 aromatic rings. The zero-order valence-corrected chi connectivity index (χ0v) is 14.8. The molecule has 0 aliphatic carbocycles. The van der Waals surface area contributed by atoms with Gasteiger partial charge in [-0.3, -0.25) is 0 Å². The molecule has 0 aromatic heterocycles. The van der Waals surface area contributed by atoms with Crippen molar-refractivity contribution in [2.75, 3.05) is 45.8 Å². The van der Waals surface area contributed by atoms with Crippen molar-refractivity contribution in [3.05, 3.63) is 0 Å². The van der Waals surface area contributed by atoms with Crippen molar-refractivity contribution in [2.45, 2.75) is 59.9 Å². The third kappa shape index (κ3) is 5.71. The molecule has 0 unspecified atom stereocenters. The zero-order valence-electron chi connectivity index (χ0n) is 14.8. The van der Waals surface area contributed by atoms with Crippen LogP contribution in [0.4, 0.5) is 0 Å². The number of hydrogen-bond donors (Lipinski definition) is 1. The summed E-state index contributed by atoms with van der Waals surface area (Å²) in [5.74, 6) is 0. The molecule has 0 spiro atoms. The van der Waals surface area contributed by atoms with Crippen LogP contribution in [0.25, 0.3) is 0 Å². The Morgan fingerprint density at radius 3 is 1.75 bits per heavy atom. The van der Waals surface area contributed by atoms with Gasteiger partial charge >= 0.3 is 0 Å². The summed E-state index contributed by atoms with van der Waals surface area (Å²) in [7, 11) is 0. The van der Waals surface area contributed by atoms with E-state index in [0.717, 1.165) is 6.54 Å². The van der Waals surface area contributed by atoms with E-state index in [1.54, 1.807) is 0 Å². The van der Waals surface area contributed by atoms with Gasteiger partial charge in [0.1, 0.15) is 0 Å². The van der Waals surface area contributed by atoms with Gasteiger partial charge < -0.3 is 15.1 Å². The quantitative estimate of drug-likeness (QED) is 0.775. The van der Waals surface area contributed by atoms with Crippen molar-refractivity contribution in [2.24, 2.45) is 5.41 Å². The van der Waals surface area contributed by atoms with E-state index in [2.05, 4.69) is 56.7 Å². The summed E-state index contributed by atoms with van der Waals surface area (Å²) >= 11 is 0. The van der Waals surface area contributed by atoms with Crippen LogP contribution in [0.5, 0.6) is 0 Å². The fourth-order valence-corrected chi connectivity index (χ4v) is 2.97. The molecule has 1 rings (SSSR count). The Kier molecular flexibility index (Phi) is 6.96. The molecule has 0 aromatic carbocycles. The predicted octanol–water partition coefficient (Wildman–Crippen LogP) is 2.82. The summed E-state index contributed by atoms with van der Waals surface area (Å²) in [6, 6.07) is 0. The minimum Gasteiger partial charge on any atom is -0.311 e. The monoisotopic (exact) mass is 283 g/mol. The molecule has 0 bridgehead atoms. The van der Waals surface area contributed by atoms with Crippen molar-refractivity contribution in [3.63, 3.8) is 0 Å². The van der Waals surface area contributed by atoms with Gasteiger partial charge in [0.05, 0.1) is 0 Å². The van der Waals surface area contributed by atoms with Gasteiger partial charge in [0.2, 0.25) is 0 Å². The molecule has 0 saturated carbocycles. The van der Waals surface area contributed by atoms with Gasteiger partial charge in [-0.15, -0.1) is 0 Å². The lowest BCUT2D eigenvalue weighted by Gasteiger charge is -2.42. The van der Waals surface area contributed by atoms with Gasteiger partial charge in [-0.25, -0.2) is 0 Å². The van der Waals surface area contributed by atoms with Crippen LogP contribution in [0.2, 0.25) is 0 Å². The van der Waals surface area contributed by atoms with Crippen molar-refractivity contribution < 1.29 is 0 Å². The molecule has 0 amide bonds. The van der Waals surface area contributed by atoms with Crippen molar-refractivity contribution in [1.82, 2.24) is 15.1 Å². The van der Waals surface area contributed by atoms with E-state index in [1.165, 1.54) is 52.1 Å². The van der Waals surface area contributed by atoms with Crippen LogP contribution >= 0.6 is 0 Å². The van der Waals surface area contributed by atoms with E-state index in [1.807, 2.05) is 0 Å². The lowest BCUT2D eigenvalue weighted by atomic mass is 9.80. The number of piperazine rings is 1. The number of rotatable bonds is 7. The second kappa shape index (κ2) is 7.77. The largest absolute Gasteiger partial charge is 0.311 e. The molecule has 1 heterocycles. The maximum absolute atomic E-state index is 3.74. The van der Waals surface area contributed by atoms with Gasteiger partial charge in [0.25, 0.3) is 0 Å². The number of nitrogens with one attached hydrogen (secondary N) is 1. The minimum atomic E-state index is 0.219. The molecule has 1 aliphatic heterocycles. The molecular formula is C17H37N3. The Labute approximate surface area is 127 Å². The Morgan fingerprint density at radius 2 is 1.35 bits per heavy atom. The van der Waals surface area contributed by atoms with Crippen LogP contribution in [-0.4, -0.2) is 61.2 Å². The van der Waals surface area contributed by atoms with Gasteiger partial charge in [-0.1, -0.05) is 20.8 Å². The molecule has 20 heavy (non-hydrogen) atoms. The molecular weight excluding hydrogens is 246 g/mol. The molecule has 1 saturated heterocycles. The van der Waals surface area contributed by atoms with E-state index in [9.17, 15) is 0 Å². The van der Waals surface area contributed by atoms with E-state index >= 15 is 0 Å². The fourth-order valence-electron chi connectivity index (χ4n) is 2.97. The smallest absolute Gasteiger partial charge is 0.0110 e. The van der Waals surface area contributed by atoms with Crippen LogP contribution in [0, 0.1) is 5.41 Å². The molecule has 0 radical (unpaired) electrons. The highest BCUT2D eigenvalue weighted by molar-refractivity contribution is 4.87. The van der Waals surface area contributed by atoms with E-state index in [4.69, 9.17) is 0 Å². The van der Waals surface area contributed by atoms with Crippen LogP contribution in [0.1, 0.15) is 54.4 Å². The predicted molar refractivity (Wildman–Crippen MR) is 89.3 cm³/mol. The van der Waals surface area contributed by atoms with Crippen molar-refractivity contribution in [3.8, 4) is 0 Å². The number of likely N-dealkylation sites (N-methyl/N-ethyl adjacent to an activating group) is 1. The molecule has 0 atom stereocenters. The van der Waals surface area contributed by atoms with Gasteiger partial charge in [0.15, 0.2) is 0 Å². The van der Waals surface area contributed by atoms with E-state index in [0.29, 0.717) is 5.41 Å². The maximum Gasteiger partial charge on any atom is 0.0110 e. The summed E-state index contributed by atoms with van der Waals surface area (Å²) in [6.07, 6.45) is 2.53. The first-order valence-corrected chi connectivity index (χ1v) is 8.54. The first-order chi connectivity index (χ1) is 9.34. The van der Waals surface area contributed by atoms with Crippen LogP contribution in [0.3, 0.4) is 0 Å². The summed E-state index contributed by atoms with van der Waals surface area (Å²) in [5.41, 5.74) is 0.651. The average molecular weight is 284 g/mol. The third-order valence-electron chi connectivity index (χ3n) is 4.96. The average Bonchev–Trinajstić information content (AvgIpc) is 2.43.